The smallest absolute Gasteiger partial charge is 0.340 e. The summed E-state index contributed by atoms with van der Waals surface area (Å²) in [5.41, 5.74) is 0. The quantitative estimate of drug-likeness (QED) is 0.202. The van der Waals surface area contributed by atoms with Crippen LogP contribution in [0, 0.1) is 0 Å². The SMILES string of the molecule is CC(C)N(C(C)C)[Si](OC(C(F)(F)F)C(F)(F)F)(OC(C(F)(F)F)C(F)(F)F)OC(C(F)(F)F)C(F)(F)F. The number of hydrogen-bond donors (Lipinski definition) is 0. The van der Waals surface area contributed by atoms with Crippen LogP contribution in [-0.2, 0) is 13.3 Å². The van der Waals surface area contributed by atoms with Crippen molar-refractivity contribution in [3.63, 3.8) is 0 Å². The van der Waals surface area contributed by atoms with E-state index in [1.54, 1.807) is 0 Å². The van der Waals surface area contributed by atoms with Crippen LogP contribution in [0.25, 0.3) is 0 Å². The van der Waals surface area contributed by atoms with Crippen molar-refractivity contribution in [3.8, 4) is 0 Å². The van der Waals surface area contributed by atoms with Crippen LogP contribution in [0.15, 0.2) is 0 Å². The Labute approximate surface area is 202 Å². The molecule has 4 nitrogen and oxygen atoms in total. The second-order valence-corrected chi connectivity index (χ2v) is 10.1. The van der Waals surface area contributed by atoms with E-state index in [9.17, 15) is 79.0 Å². The van der Waals surface area contributed by atoms with Gasteiger partial charge in [-0.25, -0.2) is 0 Å². The molecule has 0 unspecified atom stereocenters. The first kappa shape index (κ1) is 36.8. The standard InChI is InChI=1S/C15H17F18NO3Si/c1-5(2)34(6(3)4)38(35-7(10(16,17)18)11(19,20)21,36-8(12(22,23)24)13(25,26)27)37-9(14(28,29)30)15(31,32)33/h5-9H,1-4H3. The van der Waals surface area contributed by atoms with Crippen molar-refractivity contribution in [1.29, 1.82) is 0 Å². The van der Waals surface area contributed by atoms with Gasteiger partial charge in [-0.05, 0) is 0 Å². The summed E-state index contributed by atoms with van der Waals surface area (Å²) < 4.78 is 247. The maximum Gasteiger partial charge on any atom is 0.602 e. The third kappa shape index (κ3) is 9.77. The maximum absolute atomic E-state index is 13.2. The maximum atomic E-state index is 13.2. The first-order valence-electron chi connectivity index (χ1n) is 9.50. The van der Waals surface area contributed by atoms with Crippen molar-refractivity contribution in [2.45, 2.75) is 95.1 Å². The predicted molar refractivity (Wildman–Crippen MR) is 88.8 cm³/mol. The van der Waals surface area contributed by atoms with Crippen LogP contribution < -0.4 is 0 Å². The fraction of sp³-hybridized carbons (Fsp3) is 1.00. The second-order valence-electron chi connectivity index (χ2n) is 7.86. The second kappa shape index (κ2) is 11.3. The summed E-state index contributed by atoms with van der Waals surface area (Å²) in [5, 5.41) is 0. The molecule has 0 fully saturated rings. The van der Waals surface area contributed by atoms with Gasteiger partial charge in [0.25, 0.3) is 0 Å². The van der Waals surface area contributed by atoms with E-state index in [0.717, 1.165) is 0 Å². The highest BCUT2D eigenvalue weighted by atomic mass is 28.4. The van der Waals surface area contributed by atoms with Gasteiger partial charge in [-0.1, -0.05) is 27.7 Å². The molecule has 0 bridgehead atoms. The number of rotatable bonds is 9. The van der Waals surface area contributed by atoms with Crippen LogP contribution in [-0.4, -0.2) is 81.0 Å². The number of alkyl halides is 18. The summed E-state index contributed by atoms with van der Waals surface area (Å²) in [5.74, 6) is 0. The number of halogens is 18. The zero-order chi connectivity index (χ0) is 31.1. The van der Waals surface area contributed by atoms with Gasteiger partial charge >= 0.3 is 46.0 Å². The molecule has 0 aliphatic rings. The van der Waals surface area contributed by atoms with Gasteiger partial charge in [0.05, 0.1) is 0 Å². The molecule has 0 saturated heterocycles. The summed E-state index contributed by atoms with van der Waals surface area (Å²) in [6.07, 6.45) is -57.8. The van der Waals surface area contributed by atoms with E-state index in [2.05, 4.69) is 13.3 Å². The molecule has 0 aliphatic carbocycles. The van der Waals surface area contributed by atoms with Crippen molar-refractivity contribution in [1.82, 2.24) is 4.57 Å². The van der Waals surface area contributed by atoms with E-state index in [1.165, 1.54) is 0 Å². The Kier molecular flexibility index (Phi) is 11.0. The van der Waals surface area contributed by atoms with Gasteiger partial charge < -0.3 is 13.3 Å². The normalized spacial score (nSPS) is 15.8. The molecule has 0 aromatic rings. The van der Waals surface area contributed by atoms with Gasteiger partial charge in [-0.3, -0.25) is 4.57 Å². The van der Waals surface area contributed by atoms with Crippen LogP contribution in [0.4, 0.5) is 79.0 Å². The molecule has 23 heteroatoms. The Bertz CT molecular complexity index is 617. The van der Waals surface area contributed by atoms with Gasteiger partial charge in [0.2, 0.25) is 18.3 Å². The summed E-state index contributed by atoms with van der Waals surface area (Å²) in [6, 6.07) is -4.04. The van der Waals surface area contributed by atoms with E-state index in [0.29, 0.717) is 27.7 Å². The van der Waals surface area contributed by atoms with E-state index in [-0.39, 0.29) is 0 Å². The van der Waals surface area contributed by atoms with Crippen LogP contribution in [0.3, 0.4) is 0 Å². The molecule has 0 heterocycles. The molecule has 0 rings (SSSR count). The Morgan fingerprint density at radius 1 is 0.395 bits per heavy atom. The monoisotopic (exact) mass is 629 g/mol. The summed E-state index contributed by atoms with van der Waals surface area (Å²) >= 11 is 0. The third-order valence-corrected chi connectivity index (χ3v) is 7.28. The summed E-state index contributed by atoms with van der Waals surface area (Å²) in [4.78, 5) is 0. The van der Waals surface area contributed by atoms with E-state index in [4.69, 9.17) is 0 Å². The lowest BCUT2D eigenvalue weighted by molar-refractivity contribution is -0.349. The third-order valence-electron chi connectivity index (χ3n) is 4.01. The zero-order valence-corrected chi connectivity index (χ0v) is 19.9. The minimum absolute atomic E-state index is 0.535. The lowest BCUT2D eigenvalue weighted by Crippen LogP contribution is -2.73. The first-order valence-corrected chi connectivity index (χ1v) is 11.2. The molecule has 0 atom stereocenters. The molecule has 230 valence electrons. The molecule has 0 aromatic carbocycles. The number of hydrogen-bond acceptors (Lipinski definition) is 4. The van der Waals surface area contributed by atoms with Gasteiger partial charge in [0.15, 0.2) is 0 Å². The van der Waals surface area contributed by atoms with Crippen molar-refractivity contribution < 1.29 is 92.3 Å². The van der Waals surface area contributed by atoms with Crippen molar-refractivity contribution in [2.75, 3.05) is 0 Å². The van der Waals surface area contributed by atoms with Gasteiger partial charge in [0, 0.05) is 12.1 Å². The van der Waals surface area contributed by atoms with E-state index < -0.39 is 81.0 Å². The molecule has 0 N–H and O–H groups in total. The Hall–Kier alpha value is -1.20. The molecule has 38 heavy (non-hydrogen) atoms. The molecular weight excluding hydrogens is 612 g/mol. The van der Waals surface area contributed by atoms with Crippen LogP contribution >= 0.6 is 0 Å². The highest BCUT2D eigenvalue weighted by Gasteiger charge is 2.73. The van der Waals surface area contributed by atoms with Crippen LogP contribution in [0.5, 0.6) is 0 Å². The lowest BCUT2D eigenvalue weighted by atomic mass is 10.3. The molecule has 0 aliphatic heterocycles. The molecule has 0 aromatic heterocycles. The van der Waals surface area contributed by atoms with Crippen molar-refractivity contribution in [3.05, 3.63) is 0 Å². The molecule has 0 saturated carbocycles. The Morgan fingerprint density at radius 3 is 0.658 bits per heavy atom. The fourth-order valence-electron chi connectivity index (χ4n) is 2.90. The largest absolute Gasteiger partial charge is 0.602 e. The highest BCUT2D eigenvalue weighted by molar-refractivity contribution is 6.58. The predicted octanol–water partition coefficient (Wildman–Crippen LogP) is 7.07. The van der Waals surface area contributed by atoms with Gasteiger partial charge in [-0.15, -0.1) is 0 Å². The fourth-order valence-corrected chi connectivity index (χ4v) is 6.39. The van der Waals surface area contributed by atoms with Gasteiger partial charge in [0.1, 0.15) is 0 Å². The average molecular weight is 629 g/mol. The number of nitrogens with zero attached hydrogens (tertiary/aromatic N) is 1. The molecule has 0 radical (unpaired) electrons. The van der Waals surface area contributed by atoms with Crippen molar-refractivity contribution in [2.24, 2.45) is 0 Å². The van der Waals surface area contributed by atoms with E-state index >= 15 is 0 Å². The molecule has 0 amide bonds. The first-order chi connectivity index (χ1) is 16.3. The van der Waals surface area contributed by atoms with Crippen LogP contribution in [0.2, 0.25) is 0 Å². The van der Waals surface area contributed by atoms with Crippen molar-refractivity contribution >= 4 is 8.97 Å². The van der Waals surface area contributed by atoms with Gasteiger partial charge in [-0.2, -0.15) is 79.0 Å². The average Bonchev–Trinajstić information content (AvgIpc) is 2.55. The van der Waals surface area contributed by atoms with Crippen LogP contribution in [0.1, 0.15) is 27.7 Å². The zero-order valence-electron chi connectivity index (χ0n) is 18.9. The summed E-state index contributed by atoms with van der Waals surface area (Å²) in [7, 11) is -7.89. The summed E-state index contributed by atoms with van der Waals surface area (Å²) in [6.45, 7) is 2.28. The molecular formula is C15H17F18NO3Si. The minimum Gasteiger partial charge on any atom is -0.340 e. The van der Waals surface area contributed by atoms with E-state index in [1.807, 2.05) is 0 Å². The Morgan fingerprint density at radius 2 is 0.553 bits per heavy atom. The highest BCUT2D eigenvalue weighted by Crippen LogP contribution is 2.46. The topological polar surface area (TPSA) is 30.9 Å². The Balaban J connectivity index is 7.84. The lowest BCUT2D eigenvalue weighted by Gasteiger charge is -2.47. The molecule has 0 spiro atoms. The minimum atomic E-state index is -7.89.